The Morgan fingerprint density at radius 1 is 1.35 bits per heavy atom. The van der Waals surface area contributed by atoms with E-state index in [1.807, 2.05) is 13.8 Å². The molecule has 1 unspecified atom stereocenters. The highest BCUT2D eigenvalue weighted by Crippen LogP contribution is 2.12. The molecule has 0 aliphatic carbocycles. The normalized spacial score (nSPS) is 12.5. The fourth-order valence-corrected chi connectivity index (χ4v) is 1.22. The standard InChI is InChI=1S/C13H18O4/c1-10(2)16-8-12(15)9-17-13-5-3-4-11(6-13)7-14/h3-7,10,12,15H,8-9H2,1-2H3. The Hall–Kier alpha value is -1.39. The van der Waals surface area contributed by atoms with Crippen LogP contribution >= 0.6 is 0 Å². The molecule has 0 radical (unpaired) electrons. The van der Waals surface area contributed by atoms with E-state index in [1.54, 1.807) is 24.3 Å². The van der Waals surface area contributed by atoms with Gasteiger partial charge in [0.25, 0.3) is 0 Å². The van der Waals surface area contributed by atoms with E-state index >= 15 is 0 Å². The van der Waals surface area contributed by atoms with Crippen molar-refractivity contribution in [2.24, 2.45) is 0 Å². The summed E-state index contributed by atoms with van der Waals surface area (Å²) < 4.78 is 10.6. The molecule has 0 aromatic heterocycles. The molecule has 1 N–H and O–H groups in total. The van der Waals surface area contributed by atoms with Gasteiger partial charge in [-0.15, -0.1) is 0 Å². The summed E-state index contributed by atoms with van der Waals surface area (Å²) in [7, 11) is 0. The fraction of sp³-hybridized carbons (Fsp3) is 0.462. The van der Waals surface area contributed by atoms with E-state index in [0.29, 0.717) is 11.3 Å². The molecule has 0 bridgehead atoms. The third kappa shape index (κ3) is 5.47. The van der Waals surface area contributed by atoms with Crippen molar-refractivity contribution in [3.63, 3.8) is 0 Å². The lowest BCUT2D eigenvalue weighted by Gasteiger charge is -2.14. The Balaban J connectivity index is 2.36. The number of ether oxygens (including phenoxy) is 2. The van der Waals surface area contributed by atoms with Gasteiger partial charge in [-0.25, -0.2) is 0 Å². The summed E-state index contributed by atoms with van der Waals surface area (Å²) in [6.45, 7) is 4.20. The molecule has 94 valence electrons. The predicted octanol–water partition coefficient (Wildman–Crippen LogP) is 1.66. The molecule has 0 fully saturated rings. The van der Waals surface area contributed by atoms with Crippen molar-refractivity contribution in [2.45, 2.75) is 26.1 Å². The topological polar surface area (TPSA) is 55.8 Å². The number of hydrogen-bond donors (Lipinski definition) is 1. The minimum atomic E-state index is -0.669. The highest BCUT2D eigenvalue weighted by atomic mass is 16.5. The summed E-state index contributed by atoms with van der Waals surface area (Å²) in [6.07, 6.45) is 0.172. The first-order valence-corrected chi connectivity index (χ1v) is 5.59. The highest BCUT2D eigenvalue weighted by Gasteiger charge is 2.07. The zero-order valence-corrected chi connectivity index (χ0v) is 10.1. The predicted molar refractivity (Wildman–Crippen MR) is 64.4 cm³/mol. The van der Waals surface area contributed by atoms with Gasteiger partial charge < -0.3 is 14.6 Å². The van der Waals surface area contributed by atoms with Crippen LogP contribution in [0.25, 0.3) is 0 Å². The number of aliphatic hydroxyl groups is 1. The van der Waals surface area contributed by atoms with E-state index in [1.165, 1.54) is 0 Å². The van der Waals surface area contributed by atoms with Gasteiger partial charge >= 0.3 is 0 Å². The summed E-state index contributed by atoms with van der Waals surface area (Å²) >= 11 is 0. The van der Waals surface area contributed by atoms with Gasteiger partial charge in [0, 0.05) is 5.56 Å². The Morgan fingerprint density at radius 2 is 2.12 bits per heavy atom. The van der Waals surface area contributed by atoms with Gasteiger partial charge in [0.15, 0.2) is 0 Å². The molecule has 1 atom stereocenters. The maximum Gasteiger partial charge on any atom is 0.150 e. The van der Waals surface area contributed by atoms with Crippen molar-refractivity contribution in [3.05, 3.63) is 29.8 Å². The Kier molecular flexibility index (Phi) is 5.66. The van der Waals surface area contributed by atoms with Gasteiger partial charge in [0.05, 0.1) is 12.7 Å². The number of aldehydes is 1. The van der Waals surface area contributed by atoms with Crippen LogP contribution < -0.4 is 4.74 Å². The van der Waals surface area contributed by atoms with Crippen LogP contribution in [0.15, 0.2) is 24.3 Å². The molecular formula is C13H18O4. The number of benzene rings is 1. The summed E-state index contributed by atoms with van der Waals surface area (Å²) in [5.41, 5.74) is 0.551. The van der Waals surface area contributed by atoms with E-state index in [0.717, 1.165) is 6.29 Å². The quantitative estimate of drug-likeness (QED) is 0.734. The van der Waals surface area contributed by atoms with Gasteiger partial charge in [-0.05, 0) is 26.0 Å². The number of hydrogen-bond acceptors (Lipinski definition) is 4. The summed E-state index contributed by atoms with van der Waals surface area (Å²) in [6, 6.07) is 6.79. The average molecular weight is 238 g/mol. The number of aliphatic hydroxyl groups excluding tert-OH is 1. The van der Waals surface area contributed by atoms with Gasteiger partial charge in [-0.2, -0.15) is 0 Å². The van der Waals surface area contributed by atoms with E-state index in [4.69, 9.17) is 9.47 Å². The van der Waals surface area contributed by atoms with Crippen molar-refractivity contribution >= 4 is 6.29 Å². The minimum absolute atomic E-state index is 0.0861. The van der Waals surface area contributed by atoms with Crippen LogP contribution in [0.4, 0.5) is 0 Å². The van der Waals surface area contributed by atoms with Crippen LogP contribution in [0, 0.1) is 0 Å². The van der Waals surface area contributed by atoms with E-state index in [-0.39, 0.29) is 19.3 Å². The zero-order valence-electron chi connectivity index (χ0n) is 10.1. The van der Waals surface area contributed by atoms with Crippen molar-refractivity contribution in [2.75, 3.05) is 13.2 Å². The third-order valence-electron chi connectivity index (χ3n) is 2.06. The molecule has 0 saturated heterocycles. The second kappa shape index (κ2) is 7.04. The van der Waals surface area contributed by atoms with Crippen LogP contribution in [0.3, 0.4) is 0 Å². The molecule has 17 heavy (non-hydrogen) atoms. The van der Waals surface area contributed by atoms with Crippen LogP contribution in [0.2, 0.25) is 0 Å². The number of carbonyl (C=O) groups is 1. The summed E-state index contributed by atoms with van der Waals surface area (Å²) in [4.78, 5) is 10.5. The monoisotopic (exact) mass is 238 g/mol. The second-order valence-electron chi connectivity index (χ2n) is 4.04. The van der Waals surface area contributed by atoms with Crippen molar-refractivity contribution < 1.29 is 19.4 Å². The number of carbonyl (C=O) groups excluding carboxylic acids is 1. The lowest BCUT2D eigenvalue weighted by Crippen LogP contribution is -2.25. The molecule has 1 aromatic rings. The molecule has 0 aliphatic heterocycles. The Bertz CT molecular complexity index is 349. The average Bonchev–Trinajstić information content (AvgIpc) is 2.34. The van der Waals surface area contributed by atoms with Crippen molar-refractivity contribution in [1.82, 2.24) is 0 Å². The Labute approximate surface area is 101 Å². The molecule has 0 aliphatic rings. The van der Waals surface area contributed by atoms with Crippen molar-refractivity contribution in [1.29, 1.82) is 0 Å². The molecule has 1 rings (SSSR count). The first kappa shape index (κ1) is 13.7. The molecule has 1 aromatic carbocycles. The van der Waals surface area contributed by atoms with Crippen LogP contribution in [0.5, 0.6) is 5.75 Å². The largest absolute Gasteiger partial charge is 0.491 e. The first-order chi connectivity index (χ1) is 8.11. The van der Waals surface area contributed by atoms with Gasteiger partial charge in [-0.1, -0.05) is 12.1 Å². The number of rotatable bonds is 7. The van der Waals surface area contributed by atoms with Crippen molar-refractivity contribution in [3.8, 4) is 5.75 Å². The molecule has 0 heterocycles. The molecular weight excluding hydrogens is 220 g/mol. The summed E-state index contributed by atoms with van der Waals surface area (Å²) in [5, 5.41) is 9.57. The van der Waals surface area contributed by atoms with E-state index in [2.05, 4.69) is 0 Å². The first-order valence-electron chi connectivity index (χ1n) is 5.59. The molecule has 0 spiro atoms. The SMILES string of the molecule is CC(C)OCC(O)COc1cccc(C=O)c1. The smallest absolute Gasteiger partial charge is 0.150 e. The molecule has 0 saturated carbocycles. The molecule has 4 heteroatoms. The lowest BCUT2D eigenvalue weighted by atomic mass is 10.2. The zero-order chi connectivity index (χ0) is 12.7. The van der Waals surface area contributed by atoms with Crippen LogP contribution in [0.1, 0.15) is 24.2 Å². The van der Waals surface area contributed by atoms with E-state index in [9.17, 15) is 9.90 Å². The van der Waals surface area contributed by atoms with Gasteiger partial charge in [0.2, 0.25) is 0 Å². The fourth-order valence-electron chi connectivity index (χ4n) is 1.22. The van der Waals surface area contributed by atoms with Gasteiger partial charge in [-0.3, -0.25) is 4.79 Å². The highest BCUT2D eigenvalue weighted by molar-refractivity contribution is 5.75. The lowest BCUT2D eigenvalue weighted by molar-refractivity contribution is -0.0122. The van der Waals surface area contributed by atoms with Crippen LogP contribution in [-0.2, 0) is 4.74 Å². The van der Waals surface area contributed by atoms with E-state index < -0.39 is 6.10 Å². The van der Waals surface area contributed by atoms with Crippen LogP contribution in [-0.4, -0.2) is 36.8 Å². The van der Waals surface area contributed by atoms with Gasteiger partial charge in [0.1, 0.15) is 24.7 Å². The Morgan fingerprint density at radius 3 is 2.76 bits per heavy atom. The maximum atomic E-state index is 10.5. The molecule has 4 nitrogen and oxygen atoms in total. The summed E-state index contributed by atoms with van der Waals surface area (Å²) in [5.74, 6) is 0.568. The minimum Gasteiger partial charge on any atom is -0.491 e. The molecule has 0 amide bonds. The maximum absolute atomic E-state index is 10.5. The third-order valence-corrected chi connectivity index (χ3v) is 2.06. The second-order valence-corrected chi connectivity index (χ2v) is 4.04.